The lowest BCUT2D eigenvalue weighted by molar-refractivity contribution is -0.384. The fourth-order valence-corrected chi connectivity index (χ4v) is 2.79. The fraction of sp³-hybridized carbons (Fsp3) is 0.312. The second-order valence-electron chi connectivity index (χ2n) is 5.67. The van der Waals surface area contributed by atoms with E-state index in [1.165, 1.54) is 12.1 Å². The molecule has 9 heteroatoms. The summed E-state index contributed by atoms with van der Waals surface area (Å²) in [5.74, 6) is 0.0721. The molecule has 2 heterocycles. The summed E-state index contributed by atoms with van der Waals surface area (Å²) in [4.78, 5) is 26.6. The van der Waals surface area contributed by atoms with Crippen LogP contribution in [0, 0.1) is 10.1 Å². The van der Waals surface area contributed by atoms with Crippen LogP contribution in [0.5, 0.6) is 5.75 Å². The van der Waals surface area contributed by atoms with E-state index in [1.807, 2.05) is 11.0 Å². The summed E-state index contributed by atoms with van der Waals surface area (Å²) in [6.45, 7) is 2.22. The van der Waals surface area contributed by atoms with Crippen molar-refractivity contribution in [2.75, 3.05) is 31.1 Å². The molecule has 9 nitrogen and oxygen atoms in total. The van der Waals surface area contributed by atoms with Gasteiger partial charge < -0.3 is 14.9 Å². The molecule has 0 unspecified atom stereocenters. The number of hydrogen-bond donors (Lipinski definition) is 1. The Bertz CT molecular complexity index is 783. The zero-order valence-electron chi connectivity index (χ0n) is 13.4. The first-order valence-electron chi connectivity index (χ1n) is 7.85. The Kier molecular flexibility index (Phi) is 4.73. The van der Waals surface area contributed by atoms with Gasteiger partial charge in [0.1, 0.15) is 5.75 Å². The Morgan fingerprint density at radius 3 is 2.76 bits per heavy atom. The summed E-state index contributed by atoms with van der Waals surface area (Å²) in [6.07, 6.45) is 2.32. The van der Waals surface area contributed by atoms with Crippen LogP contribution in [0.4, 0.5) is 11.5 Å². The summed E-state index contributed by atoms with van der Waals surface area (Å²) < 4.78 is 0. The molecule has 0 spiro atoms. The standard InChI is InChI=1S/C16H17N5O4/c22-14-5-4-12(21(24)25)11-13(14)16(23)20-8-2-7-19(9-10-20)15-3-1-6-17-18-15/h1,3-6,11,22H,2,7-10H2. The van der Waals surface area contributed by atoms with Crippen molar-refractivity contribution in [1.82, 2.24) is 15.1 Å². The molecule has 1 aliphatic heterocycles. The predicted octanol–water partition coefficient (Wildman–Crippen LogP) is 1.44. The van der Waals surface area contributed by atoms with E-state index in [0.29, 0.717) is 19.6 Å². The Morgan fingerprint density at radius 1 is 1.20 bits per heavy atom. The summed E-state index contributed by atoms with van der Waals surface area (Å²) in [5, 5.41) is 28.8. The Labute approximate surface area is 143 Å². The number of non-ortho nitro benzene ring substituents is 1. The van der Waals surface area contributed by atoms with E-state index in [-0.39, 0.29) is 17.0 Å². The minimum atomic E-state index is -0.589. The summed E-state index contributed by atoms with van der Waals surface area (Å²) >= 11 is 0. The van der Waals surface area contributed by atoms with Gasteiger partial charge in [-0.3, -0.25) is 14.9 Å². The Hall–Kier alpha value is -3.23. The van der Waals surface area contributed by atoms with Gasteiger partial charge in [-0.15, -0.1) is 5.10 Å². The second-order valence-corrected chi connectivity index (χ2v) is 5.67. The number of nitrogens with zero attached hydrogens (tertiary/aromatic N) is 5. The van der Waals surface area contributed by atoms with Crippen LogP contribution in [0.2, 0.25) is 0 Å². The second kappa shape index (κ2) is 7.12. The highest BCUT2D eigenvalue weighted by molar-refractivity contribution is 5.97. The maximum atomic E-state index is 12.7. The number of aromatic hydroxyl groups is 1. The number of nitro benzene ring substituents is 1. The molecule has 1 aliphatic rings. The van der Waals surface area contributed by atoms with Gasteiger partial charge in [-0.1, -0.05) is 0 Å². The van der Waals surface area contributed by atoms with Gasteiger partial charge in [-0.2, -0.15) is 5.10 Å². The molecule has 1 fully saturated rings. The molecule has 0 radical (unpaired) electrons. The molecular weight excluding hydrogens is 326 g/mol. The van der Waals surface area contributed by atoms with E-state index in [2.05, 4.69) is 10.2 Å². The van der Waals surface area contributed by atoms with Gasteiger partial charge in [-0.05, 0) is 24.6 Å². The van der Waals surface area contributed by atoms with Crippen LogP contribution in [0.15, 0.2) is 36.5 Å². The number of phenolic OH excluding ortho intramolecular Hbond substituents is 1. The van der Waals surface area contributed by atoms with Crippen LogP contribution in [-0.4, -0.2) is 57.2 Å². The number of carbonyl (C=O) groups is 1. The summed E-state index contributed by atoms with van der Waals surface area (Å²) in [5.41, 5.74) is -0.278. The average Bonchev–Trinajstić information content (AvgIpc) is 2.88. The van der Waals surface area contributed by atoms with Gasteiger partial charge in [0, 0.05) is 44.5 Å². The number of benzene rings is 1. The van der Waals surface area contributed by atoms with Gasteiger partial charge in [0.25, 0.3) is 11.6 Å². The molecule has 130 valence electrons. The maximum absolute atomic E-state index is 12.7. The highest BCUT2D eigenvalue weighted by Crippen LogP contribution is 2.25. The lowest BCUT2D eigenvalue weighted by Crippen LogP contribution is -2.35. The van der Waals surface area contributed by atoms with Crippen molar-refractivity contribution in [3.63, 3.8) is 0 Å². The molecule has 0 aliphatic carbocycles. The maximum Gasteiger partial charge on any atom is 0.270 e. The summed E-state index contributed by atoms with van der Waals surface area (Å²) in [7, 11) is 0. The van der Waals surface area contributed by atoms with Crippen LogP contribution in [0.25, 0.3) is 0 Å². The molecule has 1 saturated heterocycles. The Morgan fingerprint density at radius 2 is 2.04 bits per heavy atom. The number of hydrogen-bond acceptors (Lipinski definition) is 7. The highest BCUT2D eigenvalue weighted by atomic mass is 16.6. The third-order valence-corrected chi connectivity index (χ3v) is 4.09. The number of carbonyl (C=O) groups excluding carboxylic acids is 1. The molecule has 3 rings (SSSR count). The first kappa shape index (κ1) is 16.6. The number of nitro groups is 1. The topological polar surface area (TPSA) is 113 Å². The van der Waals surface area contributed by atoms with Gasteiger partial charge in [0.05, 0.1) is 10.5 Å². The summed E-state index contributed by atoms with van der Waals surface area (Å²) in [6, 6.07) is 7.12. The molecule has 1 aromatic heterocycles. The smallest absolute Gasteiger partial charge is 0.270 e. The van der Waals surface area contributed by atoms with Gasteiger partial charge in [0.15, 0.2) is 5.82 Å². The number of anilines is 1. The van der Waals surface area contributed by atoms with Crippen molar-refractivity contribution in [2.45, 2.75) is 6.42 Å². The first-order valence-corrected chi connectivity index (χ1v) is 7.85. The number of amides is 1. The molecule has 2 aromatic rings. The van der Waals surface area contributed by atoms with Crippen molar-refractivity contribution in [2.24, 2.45) is 0 Å². The molecular formula is C16H17N5O4. The van der Waals surface area contributed by atoms with Gasteiger partial charge in [0.2, 0.25) is 0 Å². The van der Waals surface area contributed by atoms with Crippen molar-refractivity contribution in [3.8, 4) is 5.75 Å². The number of aromatic nitrogens is 2. The highest BCUT2D eigenvalue weighted by Gasteiger charge is 2.24. The van der Waals surface area contributed by atoms with Crippen molar-refractivity contribution in [1.29, 1.82) is 0 Å². The molecule has 0 bridgehead atoms. The molecule has 0 saturated carbocycles. The van der Waals surface area contributed by atoms with E-state index >= 15 is 0 Å². The average molecular weight is 343 g/mol. The molecule has 1 aromatic carbocycles. The number of phenols is 1. The van der Waals surface area contributed by atoms with Gasteiger partial charge >= 0.3 is 0 Å². The third kappa shape index (κ3) is 3.65. The monoisotopic (exact) mass is 343 g/mol. The lowest BCUT2D eigenvalue weighted by Gasteiger charge is -2.22. The largest absolute Gasteiger partial charge is 0.507 e. The zero-order valence-corrected chi connectivity index (χ0v) is 13.4. The third-order valence-electron chi connectivity index (χ3n) is 4.09. The van der Waals surface area contributed by atoms with Crippen molar-refractivity contribution in [3.05, 3.63) is 52.2 Å². The van der Waals surface area contributed by atoms with Crippen LogP contribution in [0.3, 0.4) is 0 Å². The first-order chi connectivity index (χ1) is 12.1. The molecule has 1 amide bonds. The normalized spacial score (nSPS) is 14.9. The van der Waals surface area contributed by atoms with E-state index in [0.717, 1.165) is 24.8 Å². The van der Waals surface area contributed by atoms with Crippen LogP contribution in [-0.2, 0) is 0 Å². The van der Waals surface area contributed by atoms with Crippen molar-refractivity contribution >= 4 is 17.4 Å². The SMILES string of the molecule is O=C(c1cc([N+](=O)[O-])ccc1O)N1CCCN(c2cccnn2)CC1. The molecule has 0 atom stereocenters. The number of rotatable bonds is 3. The van der Waals surface area contributed by atoms with Crippen LogP contribution < -0.4 is 4.90 Å². The minimum Gasteiger partial charge on any atom is -0.507 e. The van der Waals surface area contributed by atoms with Crippen LogP contribution in [0.1, 0.15) is 16.8 Å². The van der Waals surface area contributed by atoms with Gasteiger partial charge in [-0.25, -0.2) is 0 Å². The van der Waals surface area contributed by atoms with E-state index in [4.69, 9.17) is 0 Å². The quantitative estimate of drug-likeness (QED) is 0.663. The van der Waals surface area contributed by atoms with E-state index in [1.54, 1.807) is 17.2 Å². The lowest BCUT2D eigenvalue weighted by atomic mass is 10.1. The van der Waals surface area contributed by atoms with Crippen molar-refractivity contribution < 1.29 is 14.8 Å². The predicted molar refractivity (Wildman–Crippen MR) is 89.5 cm³/mol. The molecule has 1 N–H and O–H groups in total. The Balaban J connectivity index is 1.75. The van der Waals surface area contributed by atoms with E-state index in [9.17, 15) is 20.0 Å². The fourth-order valence-electron chi connectivity index (χ4n) is 2.79. The van der Waals surface area contributed by atoms with E-state index < -0.39 is 10.8 Å². The van der Waals surface area contributed by atoms with Crippen LogP contribution >= 0.6 is 0 Å². The minimum absolute atomic E-state index is 0.0536. The molecule has 25 heavy (non-hydrogen) atoms. The zero-order chi connectivity index (χ0) is 17.8.